The second kappa shape index (κ2) is 17.8. The summed E-state index contributed by atoms with van der Waals surface area (Å²) in [6.07, 6.45) is -0.745. The number of phenolic OH excluding ortho intramolecular Hbond substituents is 1. The fourth-order valence-corrected chi connectivity index (χ4v) is 8.20. The van der Waals surface area contributed by atoms with E-state index in [-0.39, 0.29) is 48.9 Å². The molecule has 348 valence electrons. The van der Waals surface area contributed by atoms with Gasteiger partial charge in [0.15, 0.2) is 0 Å². The standard InChI is InChI=1S/C62H68N3O.Pt/c1-58(2,3)44-26-24-39(25-27-44)41-30-31-63-53(35-41)43-32-42(33-45(34-43)59(4,5)6)49-22-19-23-54-55(49)64-57(50-36-46(60(7,8)9)37-52(56(50)66)62(13,14)15)65(54)47-28-29-48(40-20-17-16-18-21-40)51(38-47)61(10,11)12;/h16-31,33-38,66H,1-15H3;/q-1;/i1D3,2D3,3D3,24D,25D,26D,27D,30D,31D,35D;. The van der Waals surface area contributed by atoms with Crippen LogP contribution in [0.1, 0.15) is 153 Å². The molecule has 2 heterocycles. The molecule has 0 aliphatic rings. The molecule has 0 fully saturated rings. The first-order valence-corrected chi connectivity index (χ1v) is 22.2. The van der Waals surface area contributed by atoms with E-state index in [1.54, 1.807) is 6.07 Å². The van der Waals surface area contributed by atoms with Crippen LogP contribution >= 0.6 is 0 Å². The number of rotatable bonds is 6. The Hall–Kier alpha value is -5.57. The molecule has 8 rings (SSSR count). The van der Waals surface area contributed by atoms with Gasteiger partial charge < -0.3 is 5.11 Å². The van der Waals surface area contributed by atoms with Crippen molar-refractivity contribution in [1.29, 1.82) is 0 Å². The molecule has 0 amide bonds. The molecule has 1 N–H and O–H groups in total. The molecule has 8 aromatic rings. The average molecular weight is 1080 g/mol. The van der Waals surface area contributed by atoms with Crippen molar-refractivity contribution in [3.05, 3.63) is 167 Å². The summed E-state index contributed by atoms with van der Waals surface area (Å²) in [7, 11) is 0. The smallest absolute Gasteiger partial charge is 0.148 e. The van der Waals surface area contributed by atoms with Gasteiger partial charge in [-0.15, -0.1) is 29.3 Å². The van der Waals surface area contributed by atoms with Crippen molar-refractivity contribution in [2.24, 2.45) is 0 Å². The van der Waals surface area contributed by atoms with Gasteiger partial charge in [0.05, 0.1) is 26.2 Å². The average Bonchev–Trinajstić information content (AvgIpc) is 1.05. The number of benzene rings is 6. The molecule has 4 nitrogen and oxygen atoms in total. The Balaban J connectivity index is 0.00000990. The van der Waals surface area contributed by atoms with Crippen LogP contribution in [0.3, 0.4) is 0 Å². The van der Waals surface area contributed by atoms with Crippen molar-refractivity contribution in [1.82, 2.24) is 14.5 Å². The summed E-state index contributed by atoms with van der Waals surface area (Å²) >= 11 is 0. The quantitative estimate of drug-likeness (QED) is 0.169. The molecule has 0 aliphatic carbocycles. The number of nitrogens with zero attached hydrogens (tertiary/aromatic N) is 3. The second-order valence-corrected chi connectivity index (χ2v) is 21.4. The van der Waals surface area contributed by atoms with E-state index in [1.165, 1.54) is 0 Å². The van der Waals surface area contributed by atoms with Gasteiger partial charge in [-0.2, -0.15) is 0 Å². The van der Waals surface area contributed by atoms with Gasteiger partial charge in [0.25, 0.3) is 0 Å². The fourth-order valence-electron chi connectivity index (χ4n) is 8.20. The van der Waals surface area contributed by atoms with E-state index in [4.69, 9.17) is 22.8 Å². The number of pyridine rings is 1. The first-order valence-electron chi connectivity index (χ1n) is 30.2. The summed E-state index contributed by atoms with van der Waals surface area (Å²) in [6.45, 7) is 13.2. The minimum atomic E-state index is -3.93. The molecule has 2 aromatic heterocycles. The molecular formula is C62H68N3OPt-. The van der Waals surface area contributed by atoms with Crippen LogP contribution in [-0.4, -0.2) is 19.6 Å². The molecule has 0 bridgehead atoms. The molecule has 0 saturated carbocycles. The number of phenols is 1. The number of imidazole rings is 1. The van der Waals surface area contributed by atoms with Gasteiger partial charge in [-0.25, -0.2) is 4.98 Å². The van der Waals surface area contributed by atoms with Crippen LogP contribution in [0.4, 0.5) is 0 Å². The zero-order valence-electron chi connectivity index (χ0n) is 56.3. The Morgan fingerprint density at radius 1 is 0.552 bits per heavy atom. The summed E-state index contributed by atoms with van der Waals surface area (Å²) in [4.78, 5) is 9.91. The van der Waals surface area contributed by atoms with Gasteiger partial charge >= 0.3 is 0 Å². The third-order valence-electron chi connectivity index (χ3n) is 12.0. The van der Waals surface area contributed by atoms with Crippen molar-refractivity contribution in [3.63, 3.8) is 0 Å². The summed E-state index contributed by atoms with van der Waals surface area (Å²) < 4.78 is 141. The van der Waals surface area contributed by atoms with E-state index in [9.17, 15) is 9.22 Å². The number of fused-ring (bicyclic) bond motifs is 1. The van der Waals surface area contributed by atoms with Crippen LogP contribution in [0, 0.1) is 6.07 Å². The molecule has 0 radical (unpaired) electrons. The van der Waals surface area contributed by atoms with Gasteiger partial charge in [0.1, 0.15) is 11.6 Å². The van der Waals surface area contributed by atoms with Crippen molar-refractivity contribution >= 4 is 11.0 Å². The molecule has 0 unspecified atom stereocenters. The van der Waals surface area contributed by atoms with Gasteiger partial charge in [-0.1, -0.05) is 200 Å². The van der Waals surface area contributed by atoms with E-state index >= 15 is 0 Å². The summed E-state index contributed by atoms with van der Waals surface area (Å²) in [5.74, 6) is 0.538. The first kappa shape index (κ1) is 32.2. The Bertz CT molecular complexity index is 3790. The zero-order valence-corrected chi connectivity index (χ0v) is 42.5. The van der Waals surface area contributed by atoms with Crippen LogP contribution in [0.2, 0.25) is 0 Å². The Kier molecular flexibility index (Phi) is 8.57. The Labute approximate surface area is 437 Å². The predicted molar refractivity (Wildman–Crippen MR) is 280 cm³/mol. The minimum absolute atomic E-state index is 0. The number of para-hydroxylation sites is 1. The fraction of sp³-hybridized carbons (Fsp3) is 0.323. The molecule has 6 aromatic carbocycles. The van der Waals surface area contributed by atoms with Crippen molar-refractivity contribution in [2.75, 3.05) is 0 Å². The molecule has 0 spiro atoms. The van der Waals surface area contributed by atoms with Crippen LogP contribution in [-0.2, 0) is 48.1 Å². The first-order chi connectivity index (χ1) is 37.5. The SMILES string of the molecule is [2H]c1nc(-c2[c-]c(-c3cccc4c3nc(-c3cc(C(C)(C)C)cc(C(C)(C)C)c3O)n4-c3ccc(-c4ccccc4)c(C(C)(C)C)c3)cc(C(C)(C)C)c2)c([2H])c(-c2c([2H])c([2H])c(C(C([2H])([2H])[2H])(C([2H])([2H])[2H])C([2H])([2H])[2H])c([2H])c2[2H])c1[2H].[Pt]. The van der Waals surface area contributed by atoms with E-state index in [0.29, 0.717) is 39.1 Å². The Morgan fingerprint density at radius 3 is 1.82 bits per heavy atom. The molecule has 5 heteroatoms. The maximum atomic E-state index is 12.6. The van der Waals surface area contributed by atoms with Crippen molar-refractivity contribution in [2.45, 2.75) is 131 Å². The normalized spacial score (nSPS) is 16.7. The number of aromatic hydroxyl groups is 1. The zero-order chi connectivity index (χ0) is 61.3. The molecular weight excluding hydrogens is 998 g/mol. The predicted octanol–water partition coefficient (Wildman–Crippen LogP) is 16.7. The van der Waals surface area contributed by atoms with Crippen LogP contribution in [0.5, 0.6) is 5.75 Å². The number of aromatic nitrogens is 3. The summed E-state index contributed by atoms with van der Waals surface area (Å²) in [6, 6.07) is 27.0. The number of hydrogen-bond donors (Lipinski definition) is 1. The van der Waals surface area contributed by atoms with Crippen molar-refractivity contribution in [3.8, 4) is 67.5 Å². The Morgan fingerprint density at radius 2 is 1.19 bits per heavy atom. The third-order valence-corrected chi connectivity index (χ3v) is 12.0. The summed E-state index contributed by atoms with van der Waals surface area (Å²) in [5, 5.41) is 12.6. The molecule has 0 atom stereocenters. The monoisotopic (exact) mass is 1080 g/mol. The van der Waals surface area contributed by atoms with Gasteiger partial charge in [0, 0.05) is 56.5 Å². The van der Waals surface area contributed by atoms with E-state index in [2.05, 4.69) is 114 Å². The van der Waals surface area contributed by atoms with Gasteiger partial charge in [-0.05, 0) is 96.3 Å². The molecule has 67 heavy (non-hydrogen) atoms. The van der Waals surface area contributed by atoms with E-state index in [1.807, 2.05) is 69.3 Å². The largest absolute Gasteiger partial charge is 0.507 e. The van der Waals surface area contributed by atoms with Gasteiger partial charge in [-0.3, -0.25) is 9.55 Å². The summed E-state index contributed by atoms with van der Waals surface area (Å²) in [5.41, 5.74) is 0.574. The number of hydrogen-bond acceptors (Lipinski definition) is 3. The van der Waals surface area contributed by atoms with E-state index < -0.39 is 95.9 Å². The maximum absolute atomic E-state index is 12.6. The maximum Gasteiger partial charge on any atom is 0.148 e. The van der Waals surface area contributed by atoms with Crippen molar-refractivity contribution < 1.29 is 48.1 Å². The molecule has 0 aliphatic heterocycles. The van der Waals surface area contributed by atoms with Crippen LogP contribution in [0.25, 0.3) is 72.7 Å². The van der Waals surface area contributed by atoms with Gasteiger partial charge in [0.2, 0.25) is 0 Å². The van der Waals surface area contributed by atoms with Crippen LogP contribution < -0.4 is 0 Å². The second-order valence-electron chi connectivity index (χ2n) is 21.4. The van der Waals surface area contributed by atoms with Crippen LogP contribution in [0.15, 0.2) is 133 Å². The molecule has 0 saturated heterocycles. The van der Waals surface area contributed by atoms with E-state index in [0.717, 1.165) is 33.5 Å². The third kappa shape index (κ3) is 10.0. The topological polar surface area (TPSA) is 50.9 Å². The minimum Gasteiger partial charge on any atom is -0.507 e.